The lowest BCUT2D eigenvalue weighted by atomic mass is 10.0. The van der Waals surface area contributed by atoms with Crippen LogP contribution < -0.4 is 10.7 Å². The molecule has 0 fully saturated rings. The number of anilines is 1. The number of carboxylic acids is 1. The molecule has 3 aromatic rings. The predicted octanol–water partition coefficient (Wildman–Crippen LogP) is 3.59. The van der Waals surface area contributed by atoms with Gasteiger partial charge < -0.3 is 15.0 Å². The summed E-state index contributed by atoms with van der Waals surface area (Å²) >= 11 is 0. The van der Waals surface area contributed by atoms with Gasteiger partial charge in [-0.2, -0.15) is 10.4 Å². The fourth-order valence-electron chi connectivity index (χ4n) is 3.90. The maximum atomic E-state index is 12.7. The molecule has 160 valence electrons. The van der Waals surface area contributed by atoms with E-state index in [2.05, 4.69) is 21.9 Å². The van der Waals surface area contributed by atoms with E-state index in [1.165, 1.54) is 12.1 Å². The second kappa shape index (κ2) is 8.40. The molecule has 1 unspecified atom stereocenters. The Labute approximate surface area is 184 Å². The quantitative estimate of drug-likeness (QED) is 0.425. The Balaban J connectivity index is 1.56. The van der Waals surface area contributed by atoms with E-state index in [0.29, 0.717) is 23.4 Å². The first-order chi connectivity index (χ1) is 15.4. The molecule has 1 aliphatic heterocycles. The first-order valence-corrected chi connectivity index (χ1v) is 10.0. The maximum absolute atomic E-state index is 12.7. The van der Waals surface area contributed by atoms with Crippen LogP contribution in [0.5, 0.6) is 0 Å². The summed E-state index contributed by atoms with van der Waals surface area (Å²) in [4.78, 5) is 24.4. The summed E-state index contributed by atoms with van der Waals surface area (Å²) in [6.07, 6.45) is 1.63. The maximum Gasteiger partial charge on any atom is 0.337 e. The Kier molecular flexibility index (Phi) is 5.48. The third kappa shape index (κ3) is 3.84. The molecule has 0 bridgehead atoms. The van der Waals surface area contributed by atoms with Crippen LogP contribution >= 0.6 is 0 Å². The lowest BCUT2D eigenvalue weighted by Crippen LogP contribution is -2.20. The number of nitriles is 1. The van der Waals surface area contributed by atoms with Crippen LogP contribution in [0, 0.1) is 25.2 Å². The van der Waals surface area contributed by atoms with Crippen molar-refractivity contribution >= 4 is 23.8 Å². The minimum atomic E-state index is -1.07. The predicted molar refractivity (Wildman–Crippen MR) is 121 cm³/mol. The average Bonchev–Trinajstić information content (AvgIpc) is 3.34. The number of rotatable bonds is 5. The van der Waals surface area contributed by atoms with Gasteiger partial charge >= 0.3 is 5.97 Å². The molecule has 0 saturated carbocycles. The number of benzene rings is 2. The van der Waals surface area contributed by atoms with Gasteiger partial charge in [-0.05, 0) is 67.9 Å². The van der Waals surface area contributed by atoms with Gasteiger partial charge in [0.2, 0.25) is 0 Å². The van der Waals surface area contributed by atoms with Crippen molar-refractivity contribution in [3.63, 3.8) is 0 Å². The van der Waals surface area contributed by atoms with Crippen LogP contribution in [0.3, 0.4) is 0 Å². The highest BCUT2D eigenvalue weighted by atomic mass is 16.4. The topological polar surface area (TPSA) is 120 Å². The van der Waals surface area contributed by atoms with Gasteiger partial charge in [0.25, 0.3) is 5.91 Å². The first kappa shape index (κ1) is 20.9. The number of nitrogens with zero attached hydrogens (tertiary/aromatic N) is 3. The number of carbonyl (C=O) groups is 2. The summed E-state index contributed by atoms with van der Waals surface area (Å²) in [5.74, 6) is -1.59. The summed E-state index contributed by atoms with van der Waals surface area (Å²) in [5, 5.41) is 26.1. The highest BCUT2D eigenvalue weighted by Gasteiger charge is 2.21. The highest BCUT2D eigenvalue weighted by Crippen LogP contribution is 2.31. The molecule has 1 amide bonds. The molecule has 2 heterocycles. The zero-order valence-electron chi connectivity index (χ0n) is 17.6. The molecule has 8 heteroatoms. The van der Waals surface area contributed by atoms with Crippen LogP contribution in [-0.4, -0.2) is 34.3 Å². The molecule has 4 rings (SSSR count). The average molecular weight is 427 g/mol. The summed E-state index contributed by atoms with van der Waals surface area (Å²) < 4.78 is 1.80. The standard InChI is InChI=1S/C24H21N5O3/c1-14-3-4-15(2)29(14)22-10-17(6-7-19(22)24(31)32)23(30)28-27-13-18-12-26-21-8-5-16(11-25)9-20(18)21/h3-10,13,18,26H,12H2,1-2H3,(H,28,30)(H,31,32)/b27-13+. The molecule has 2 aromatic carbocycles. The van der Waals surface area contributed by atoms with E-state index in [0.717, 1.165) is 22.6 Å². The van der Waals surface area contributed by atoms with Crippen LogP contribution in [-0.2, 0) is 0 Å². The van der Waals surface area contributed by atoms with Crippen molar-refractivity contribution in [2.75, 3.05) is 11.9 Å². The molecule has 0 aliphatic carbocycles. The number of carboxylic acid groups (broad SMARTS) is 1. The number of aromatic carboxylic acids is 1. The van der Waals surface area contributed by atoms with Crippen molar-refractivity contribution in [3.05, 3.63) is 82.2 Å². The van der Waals surface area contributed by atoms with Crippen molar-refractivity contribution in [1.82, 2.24) is 9.99 Å². The minimum Gasteiger partial charge on any atom is -0.478 e. The second-order valence-corrected chi connectivity index (χ2v) is 7.61. The van der Waals surface area contributed by atoms with Gasteiger partial charge in [0.1, 0.15) is 0 Å². The van der Waals surface area contributed by atoms with Gasteiger partial charge in [0.05, 0.1) is 22.9 Å². The lowest BCUT2D eigenvalue weighted by Gasteiger charge is -2.14. The van der Waals surface area contributed by atoms with E-state index < -0.39 is 11.9 Å². The molecule has 1 atom stereocenters. The number of hydrazone groups is 1. The van der Waals surface area contributed by atoms with Crippen LogP contribution in [0.4, 0.5) is 5.69 Å². The number of carbonyl (C=O) groups excluding carboxylic acids is 1. The fraction of sp³-hybridized carbons (Fsp3) is 0.167. The highest BCUT2D eigenvalue weighted by molar-refractivity contribution is 5.98. The normalized spacial score (nSPS) is 14.6. The van der Waals surface area contributed by atoms with E-state index >= 15 is 0 Å². The van der Waals surface area contributed by atoms with E-state index in [1.54, 1.807) is 22.9 Å². The smallest absolute Gasteiger partial charge is 0.337 e. The molecular weight excluding hydrogens is 406 g/mol. The van der Waals surface area contributed by atoms with Crippen molar-refractivity contribution in [2.45, 2.75) is 19.8 Å². The SMILES string of the molecule is Cc1ccc(C)n1-c1cc(C(=O)N/N=C/C2CNc3ccc(C#N)cc32)ccc1C(=O)O. The molecule has 8 nitrogen and oxygen atoms in total. The van der Waals surface area contributed by atoms with E-state index in [9.17, 15) is 14.7 Å². The molecule has 1 aromatic heterocycles. The zero-order valence-corrected chi connectivity index (χ0v) is 17.6. The molecule has 0 saturated heterocycles. The Hall–Kier alpha value is -4.38. The van der Waals surface area contributed by atoms with Gasteiger partial charge in [0, 0.05) is 41.3 Å². The van der Waals surface area contributed by atoms with Gasteiger partial charge in [-0.15, -0.1) is 0 Å². The zero-order chi connectivity index (χ0) is 22.8. The van der Waals surface area contributed by atoms with Gasteiger partial charge in [0.15, 0.2) is 0 Å². The monoisotopic (exact) mass is 427 g/mol. The fourth-order valence-corrected chi connectivity index (χ4v) is 3.90. The summed E-state index contributed by atoms with van der Waals surface area (Å²) in [5.41, 5.74) is 7.54. The Morgan fingerprint density at radius 1 is 1.19 bits per heavy atom. The first-order valence-electron chi connectivity index (χ1n) is 10.0. The summed E-state index contributed by atoms with van der Waals surface area (Å²) in [6.45, 7) is 4.37. The molecule has 1 aliphatic rings. The number of nitrogens with one attached hydrogen (secondary N) is 2. The Morgan fingerprint density at radius 2 is 1.94 bits per heavy atom. The van der Waals surface area contributed by atoms with Gasteiger partial charge in [-0.1, -0.05) is 0 Å². The number of amides is 1. The van der Waals surface area contributed by atoms with Crippen molar-refractivity contribution < 1.29 is 14.7 Å². The lowest BCUT2D eigenvalue weighted by molar-refractivity contribution is 0.0696. The number of hydrogen-bond acceptors (Lipinski definition) is 5. The number of aromatic nitrogens is 1. The van der Waals surface area contributed by atoms with Crippen LogP contribution in [0.25, 0.3) is 5.69 Å². The van der Waals surface area contributed by atoms with Crippen LogP contribution in [0.1, 0.15) is 49.1 Å². The van der Waals surface area contributed by atoms with Crippen molar-refractivity contribution in [3.8, 4) is 11.8 Å². The Bertz CT molecular complexity index is 1280. The van der Waals surface area contributed by atoms with E-state index in [1.807, 2.05) is 38.1 Å². The van der Waals surface area contributed by atoms with Crippen molar-refractivity contribution in [2.24, 2.45) is 5.10 Å². The molecular formula is C24H21N5O3. The second-order valence-electron chi connectivity index (χ2n) is 7.61. The largest absolute Gasteiger partial charge is 0.478 e. The van der Waals surface area contributed by atoms with E-state index in [4.69, 9.17) is 5.26 Å². The summed E-state index contributed by atoms with van der Waals surface area (Å²) in [7, 11) is 0. The van der Waals surface area contributed by atoms with Crippen LogP contribution in [0.15, 0.2) is 53.6 Å². The number of aryl methyl sites for hydroxylation is 2. The van der Waals surface area contributed by atoms with E-state index in [-0.39, 0.29) is 11.5 Å². The third-order valence-electron chi connectivity index (χ3n) is 5.52. The molecule has 0 spiro atoms. The Morgan fingerprint density at radius 3 is 2.62 bits per heavy atom. The third-order valence-corrected chi connectivity index (χ3v) is 5.52. The number of fused-ring (bicyclic) bond motifs is 1. The minimum absolute atomic E-state index is 0.0753. The number of hydrogen-bond donors (Lipinski definition) is 3. The van der Waals surface area contributed by atoms with Gasteiger partial charge in [-0.25, -0.2) is 10.2 Å². The summed E-state index contributed by atoms with van der Waals surface area (Å²) in [6, 6.07) is 15.8. The molecule has 0 radical (unpaired) electrons. The molecule has 3 N–H and O–H groups in total. The van der Waals surface area contributed by atoms with Crippen molar-refractivity contribution in [1.29, 1.82) is 5.26 Å². The van der Waals surface area contributed by atoms with Crippen LogP contribution in [0.2, 0.25) is 0 Å². The molecule has 32 heavy (non-hydrogen) atoms. The van der Waals surface area contributed by atoms with Gasteiger partial charge in [-0.3, -0.25) is 4.79 Å².